The first-order valence-corrected chi connectivity index (χ1v) is 6.04. The Hall–Kier alpha value is -1.47. The topological polar surface area (TPSA) is 94.3 Å². The minimum absolute atomic E-state index is 0.0720. The molecule has 0 aliphatic heterocycles. The highest BCUT2D eigenvalue weighted by atomic mass is 32.1. The summed E-state index contributed by atoms with van der Waals surface area (Å²) in [6, 6.07) is 0. The number of methoxy groups -OCH3 is 1. The molecule has 0 saturated heterocycles. The number of thiazole rings is 1. The number of nitrogens with zero attached hydrogens (tertiary/aromatic N) is 1. The van der Waals surface area contributed by atoms with Crippen molar-refractivity contribution in [1.29, 1.82) is 0 Å². The number of esters is 1. The lowest BCUT2D eigenvalue weighted by Crippen LogP contribution is -2.27. The Morgan fingerprint density at radius 3 is 3.00 bits per heavy atom. The van der Waals surface area contributed by atoms with Crippen LogP contribution < -0.4 is 11.1 Å². The zero-order chi connectivity index (χ0) is 12.7. The second-order valence-electron chi connectivity index (χ2n) is 3.26. The summed E-state index contributed by atoms with van der Waals surface area (Å²) in [5.74, 6) is -0.517. The van der Waals surface area contributed by atoms with Gasteiger partial charge in [0, 0.05) is 31.3 Å². The molecule has 1 amide bonds. The van der Waals surface area contributed by atoms with Gasteiger partial charge in [-0.2, -0.15) is 0 Å². The van der Waals surface area contributed by atoms with Gasteiger partial charge in [0.1, 0.15) is 0 Å². The van der Waals surface area contributed by atoms with Crippen molar-refractivity contribution < 1.29 is 14.3 Å². The normalized spacial score (nSPS) is 10.0. The summed E-state index contributed by atoms with van der Waals surface area (Å²) in [7, 11) is 1.31. The molecule has 3 N–H and O–H groups in total. The van der Waals surface area contributed by atoms with Crippen molar-refractivity contribution in [2.24, 2.45) is 5.73 Å². The molecule has 0 aliphatic carbocycles. The molecule has 0 unspecified atom stereocenters. The van der Waals surface area contributed by atoms with Crippen molar-refractivity contribution in [3.8, 4) is 0 Å². The van der Waals surface area contributed by atoms with Crippen LogP contribution in [-0.2, 0) is 16.0 Å². The van der Waals surface area contributed by atoms with Gasteiger partial charge in [0.25, 0.3) is 0 Å². The summed E-state index contributed by atoms with van der Waals surface area (Å²) >= 11 is 1.37. The smallest absolute Gasteiger partial charge is 0.357 e. The monoisotopic (exact) mass is 257 g/mol. The zero-order valence-corrected chi connectivity index (χ0v) is 10.4. The third kappa shape index (κ3) is 4.49. The molecule has 0 aromatic carbocycles. The minimum atomic E-state index is -0.445. The number of nitrogens with one attached hydrogen (secondary N) is 1. The number of nitrogens with two attached hydrogens (primary N) is 1. The van der Waals surface area contributed by atoms with Crippen LogP contribution in [0.2, 0.25) is 0 Å². The maximum atomic E-state index is 11.1. The molecule has 0 atom stereocenters. The van der Waals surface area contributed by atoms with Crippen molar-refractivity contribution >= 4 is 23.2 Å². The van der Waals surface area contributed by atoms with Crippen molar-refractivity contribution in [2.75, 3.05) is 20.2 Å². The fourth-order valence-corrected chi connectivity index (χ4v) is 1.92. The van der Waals surface area contributed by atoms with E-state index in [0.717, 1.165) is 5.01 Å². The molecule has 6 nitrogen and oxygen atoms in total. The average Bonchev–Trinajstić information content (AvgIpc) is 2.77. The molecule has 0 aliphatic rings. The average molecular weight is 257 g/mol. The van der Waals surface area contributed by atoms with Crippen molar-refractivity contribution in [2.45, 2.75) is 12.8 Å². The van der Waals surface area contributed by atoms with Crippen LogP contribution in [0.1, 0.15) is 21.9 Å². The molecular weight excluding hydrogens is 242 g/mol. The molecule has 1 rings (SSSR count). The lowest BCUT2D eigenvalue weighted by Gasteiger charge is -2.01. The number of amides is 1. The molecule has 1 aromatic heterocycles. The van der Waals surface area contributed by atoms with E-state index in [4.69, 9.17) is 5.73 Å². The largest absolute Gasteiger partial charge is 0.464 e. The summed E-state index contributed by atoms with van der Waals surface area (Å²) < 4.78 is 4.55. The number of carbonyl (C=O) groups is 2. The first kappa shape index (κ1) is 13.6. The maximum Gasteiger partial charge on any atom is 0.357 e. The number of hydrogen-bond acceptors (Lipinski definition) is 6. The second-order valence-corrected chi connectivity index (χ2v) is 4.20. The SMILES string of the molecule is COC(=O)c1csc(CCNC(=O)CCN)n1. The van der Waals surface area contributed by atoms with Gasteiger partial charge in [0.05, 0.1) is 12.1 Å². The minimum Gasteiger partial charge on any atom is -0.464 e. The van der Waals surface area contributed by atoms with Gasteiger partial charge >= 0.3 is 5.97 Å². The van der Waals surface area contributed by atoms with Crippen LogP contribution in [0.3, 0.4) is 0 Å². The van der Waals surface area contributed by atoms with Crippen LogP contribution in [0.15, 0.2) is 5.38 Å². The van der Waals surface area contributed by atoms with E-state index >= 15 is 0 Å². The molecule has 1 heterocycles. The molecular formula is C10H15N3O3S. The Bertz CT molecular complexity index is 392. The highest BCUT2D eigenvalue weighted by Gasteiger charge is 2.10. The molecule has 0 saturated carbocycles. The predicted octanol–water partition coefficient (Wildman–Crippen LogP) is -0.0628. The molecule has 17 heavy (non-hydrogen) atoms. The number of ether oxygens (including phenoxy) is 1. The van der Waals surface area contributed by atoms with E-state index in [0.29, 0.717) is 31.6 Å². The summed E-state index contributed by atoms with van der Waals surface area (Å²) in [5, 5.41) is 5.15. The van der Waals surface area contributed by atoms with Gasteiger partial charge in [0.15, 0.2) is 5.69 Å². The Balaban J connectivity index is 2.35. The van der Waals surface area contributed by atoms with Crippen molar-refractivity contribution in [1.82, 2.24) is 10.3 Å². The fourth-order valence-electron chi connectivity index (χ4n) is 1.15. The van der Waals surface area contributed by atoms with E-state index in [2.05, 4.69) is 15.0 Å². The van der Waals surface area contributed by atoms with Gasteiger partial charge in [-0.15, -0.1) is 11.3 Å². The van der Waals surface area contributed by atoms with Gasteiger partial charge in [-0.25, -0.2) is 9.78 Å². The van der Waals surface area contributed by atoms with Crippen LogP contribution in [0, 0.1) is 0 Å². The van der Waals surface area contributed by atoms with Gasteiger partial charge < -0.3 is 15.8 Å². The summed E-state index contributed by atoms with van der Waals surface area (Å²) in [6.45, 7) is 0.836. The molecule has 0 spiro atoms. The van der Waals surface area contributed by atoms with Gasteiger partial charge in [-0.05, 0) is 0 Å². The molecule has 7 heteroatoms. The van der Waals surface area contributed by atoms with Gasteiger partial charge in [-0.3, -0.25) is 4.79 Å². The van der Waals surface area contributed by atoms with Crippen molar-refractivity contribution in [3.63, 3.8) is 0 Å². The Kier molecular flexibility index (Phi) is 5.58. The Morgan fingerprint density at radius 1 is 1.59 bits per heavy atom. The number of hydrogen-bond donors (Lipinski definition) is 2. The molecule has 94 valence electrons. The third-order valence-corrected chi connectivity index (χ3v) is 2.89. The van der Waals surface area contributed by atoms with E-state index in [1.54, 1.807) is 5.38 Å². The molecule has 0 radical (unpaired) electrons. The number of rotatable bonds is 6. The van der Waals surface area contributed by atoms with Crippen LogP contribution >= 0.6 is 11.3 Å². The van der Waals surface area contributed by atoms with Crippen LogP contribution in [0.4, 0.5) is 0 Å². The van der Waals surface area contributed by atoms with Crippen LogP contribution in [0.25, 0.3) is 0 Å². The number of carbonyl (C=O) groups excluding carboxylic acids is 2. The van der Waals surface area contributed by atoms with Gasteiger partial charge in [-0.1, -0.05) is 0 Å². The lowest BCUT2D eigenvalue weighted by atomic mass is 10.3. The van der Waals surface area contributed by atoms with Gasteiger partial charge in [0.2, 0.25) is 5.91 Å². The second kappa shape index (κ2) is 6.97. The molecule has 0 bridgehead atoms. The maximum absolute atomic E-state index is 11.1. The standard InChI is InChI=1S/C10H15N3O3S/c1-16-10(15)7-6-17-9(13-7)3-5-12-8(14)2-4-11/h6H,2-5,11H2,1H3,(H,12,14). The first-order chi connectivity index (χ1) is 8.17. The predicted molar refractivity (Wildman–Crippen MR) is 63.8 cm³/mol. The first-order valence-electron chi connectivity index (χ1n) is 5.17. The quantitative estimate of drug-likeness (QED) is 0.696. The fraction of sp³-hybridized carbons (Fsp3) is 0.500. The van der Waals surface area contributed by atoms with E-state index in [1.807, 2.05) is 0 Å². The highest BCUT2D eigenvalue weighted by molar-refractivity contribution is 7.09. The summed E-state index contributed by atoms with van der Waals surface area (Å²) in [5.41, 5.74) is 5.55. The Morgan fingerprint density at radius 2 is 2.35 bits per heavy atom. The summed E-state index contributed by atoms with van der Waals surface area (Å²) in [4.78, 5) is 26.3. The zero-order valence-electron chi connectivity index (χ0n) is 9.56. The van der Waals surface area contributed by atoms with Crippen LogP contribution in [0.5, 0.6) is 0 Å². The highest BCUT2D eigenvalue weighted by Crippen LogP contribution is 2.10. The molecule has 1 aromatic rings. The Labute approximate surface area is 103 Å². The van der Waals surface area contributed by atoms with E-state index in [1.165, 1.54) is 18.4 Å². The third-order valence-electron chi connectivity index (χ3n) is 1.98. The lowest BCUT2D eigenvalue weighted by molar-refractivity contribution is -0.120. The van der Waals surface area contributed by atoms with E-state index in [9.17, 15) is 9.59 Å². The van der Waals surface area contributed by atoms with Crippen LogP contribution in [-0.4, -0.2) is 37.1 Å². The van der Waals surface area contributed by atoms with E-state index in [-0.39, 0.29) is 5.91 Å². The van der Waals surface area contributed by atoms with E-state index < -0.39 is 5.97 Å². The molecule has 0 fully saturated rings. The summed E-state index contributed by atoms with van der Waals surface area (Å²) in [6.07, 6.45) is 0.920. The van der Waals surface area contributed by atoms with Crippen molar-refractivity contribution in [3.05, 3.63) is 16.1 Å². The number of aromatic nitrogens is 1.